The van der Waals surface area contributed by atoms with Gasteiger partial charge in [-0.05, 0) is 79.3 Å². The number of nitrogens with zero attached hydrogens (tertiary/aromatic N) is 1. The summed E-state index contributed by atoms with van der Waals surface area (Å²) < 4.78 is 47.4. The van der Waals surface area contributed by atoms with Crippen LogP contribution in [0.4, 0.5) is 14.0 Å². The lowest BCUT2D eigenvalue weighted by Gasteiger charge is -2.44. The maximum absolute atomic E-state index is 13.3. The third kappa shape index (κ3) is 12.3. The number of piperidine rings is 1. The van der Waals surface area contributed by atoms with Gasteiger partial charge in [-0.3, -0.25) is 0 Å². The molecule has 3 aromatic carbocycles. The minimum absolute atomic E-state index is 0.0717. The van der Waals surface area contributed by atoms with E-state index < -0.39 is 23.8 Å². The number of amides is 2. The zero-order chi connectivity index (χ0) is 40.9. The highest BCUT2D eigenvalue weighted by atomic mass is 19.1. The van der Waals surface area contributed by atoms with Gasteiger partial charge in [0.1, 0.15) is 25.3 Å². The fourth-order valence-electron chi connectivity index (χ4n) is 9.21. The normalized spacial score (nSPS) is 26.0. The molecule has 2 spiro atoms. The van der Waals surface area contributed by atoms with E-state index in [2.05, 4.69) is 15.5 Å². The van der Waals surface area contributed by atoms with E-state index in [1.807, 2.05) is 72.8 Å². The first-order chi connectivity index (χ1) is 28.8. The Morgan fingerprint density at radius 2 is 1.25 bits per heavy atom. The van der Waals surface area contributed by atoms with Crippen LogP contribution in [0, 0.1) is 23.6 Å². The summed E-state index contributed by atoms with van der Waals surface area (Å²) in [5.74, 6) is -0.800. The standard InChI is InChI=1S/C29H37FN2O4.C17H21NO5/c30-26-10-8-22(9-11-26)17-24-7-4-14-32(19-24)20-25-12-13-29(35-15-16-36-29)18-27(25)31-28(33)34-21-23-5-2-1-3-6-23;19-11-14-6-7-17(22-8-9-23-17)10-15(14)18-16(20)21-12-13-4-2-1-3-5-13/h1-3,5-6,8-11,24-25,27H,4,7,12-21H2,(H,31,33);1-5,11,14-15H,6-10,12H2,(H,18,20)/t24-,25-,27+;14-,15+/m00/s1. The van der Waals surface area contributed by atoms with Crippen LogP contribution in [-0.4, -0.2) is 93.1 Å². The number of benzene rings is 3. The lowest BCUT2D eigenvalue weighted by molar-refractivity contribution is -0.189. The van der Waals surface area contributed by atoms with Gasteiger partial charge in [0, 0.05) is 56.8 Å². The van der Waals surface area contributed by atoms with E-state index in [1.54, 1.807) is 12.1 Å². The minimum atomic E-state index is -0.656. The third-order valence-corrected chi connectivity index (χ3v) is 12.3. The topological polar surface area (TPSA) is 134 Å². The second-order valence-electron chi connectivity index (χ2n) is 16.5. The number of aldehydes is 1. The molecule has 12 nitrogen and oxygen atoms in total. The fraction of sp³-hybridized carbons (Fsp3) is 0.543. The number of carbonyl (C=O) groups is 3. The highest BCUT2D eigenvalue weighted by Gasteiger charge is 2.47. The Labute approximate surface area is 346 Å². The molecule has 2 saturated carbocycles. The summed E-state index contributed by atoms with van der Waals surface area (Å²) >= 11 is 0. The van der Waals surface area contributed by atoms with Crippen molar-refractivity contribution in [3.63, 3.8) is 0 Å². The van der Waals surface area contributed by atoms with Crippen LogP contribution >= 0.6 is 0 Å². The number of halogens is 1. The molecule has 3 aliphatic heterocycles. The molecule has 59 heavy (non-hydrogen) atoms. The van der Waals surface area contributed by atoms with Gasteiger partial charge in [-0.2, -0.15) is 0 Å². The highest BCUT2D eigenvalue weighted by Crippen LogP contribution is 2.40. The summed E-state index contributed by atoms with van der Waals surface area (Å²) in [4.78, 5) is 38.6. The van der Waals surface area contributed by atoms with Gasteiger partial charge in [-0.25, -0.2) is 14.0 Å². The molecule has 3 aromatic rings. The number of ether oxygens (including phenoxy) is 6. The van der Waals surface area contributed by atoms with Crippen LogP contribution in [0.3, 0.4) is 0 Å². The zero-order valence-electron chi connectivity index (χ0n) is 33.8. The molecular formula is C46H58FN3O9. The first kappa shape index (κ1) is 42.7. The van der Waals surface area contributed by atoms with Gasteiger partial charge < -0.3 is 48.7 Å². The average molecular weight is 816 g/mol. The molecule has 318 valence electrons. The van der Waals surface area contributed by atoms with E-state index in [1.165, 1.54) is 12.0 Å². The smallest absolute Gasteiger partial charge is 0.407 e. The van der Waals surface area contributed by atoms with Crippen LogP contribution in [0.2, 0.25) is 0 Å². The van der Waals surface area contributed by atoms with Crippen molar-refractivity contribution in [2.24, 2.45) is 17.8 Å². The van der Waals surface area contributed by atoms with Crippen molar-refractivity contribution >= 4 is 18.5 Å². The van der Waals surface area contributed by atoms with Gasteiger partial charge in [0.15, 0.2) is 11.6 Å². The Bertz CT molecular complexity index is 1770. The minimum Gasteiger partial charge on any atom is -0.445 e. The highest BCUT2D eigenvalue weighted by molar-refractivity contribution is 5.69. The van der Waals surface area contributed by atoms with Gasteiger partial charge in [-0.15, -0.1) is 0 Å². The molecular weight excluding hydrogens is 758 g/mol. The predicted octanol–water partition coefficient (Wildman–Crippen LogP) is 6.94. The van der Waals surface area contributed by atoms with Crippen LogP contribution < -0.4 is 10.6 Å². The van der Waals surface area contributed by atoms with E-state index in [9.17, 15) is 18.8 Å². The Balaban J connectivity index is 0.000000198. The molecule has 0 unspecified atom stereocenters. The van der Waals surface area contributed by atoms with Crippen molar-refractivity contribution in [3.8, 4) is 0 Å². The summed E-state index contributed by atoms with van der Waals surface area (Å²) in [5, 5.41) is 5.94. The van der Waals surface area contributed by atoms with Crippen molar-refractivity contribution < 1.29 is 47.2 Å². The Kier molecular flexibility index (Phi) is 15.0. The van der Waals surface area contributed by atoms with Gasteiger partial charge >= 0.3 is 12.2 Å². The Morgan fingerprint density at radius 3 is 1.83 bits per heavy atom. The number of hydrogen-bond donors (Lipinski definition) is 2. The van der Waals surface area contributed by atoms with Crippen LogP contribution in [0.5, 0.6) is 0 Å². The van der Waals surface area contributed by atoms with E-state index >= 15 is 0 Å². The first-order valence-corrected chi connectivity index (χ1v) is 21.2. The summed E-state index contributed by atoms with van der Waals surface area (Å²) in [7, 11) is 0. The molecule has 2 amide bonds. The molecule has 5 atom stereocenters. The lowest BCUT2D eigenvalue weighted by Crippen LogP contribution is -2.54. The van der Waals surface area contributed by atoms with Gasteiger partial charge in [-0.1, -0.05) is 72.8 Å². The molecule has 5 fully saturated rings. The van der Waals surface area contributed by atoms with Crippen LogP contribution in [-0.2, 0) is 52.9 Å². The van der Waals surface area contributed by atoms with Crippen molar-refractivity contribution in [1.29, 1.82) is 0 Å². The maximum Gasteiger partial charge on any atom is 0.407 e. The monoisotopic (exact) mass is 815 g/mol. The molecule has 0 bridgehead atoms. The number of carbonyl (C=O) groups excluding carboxylic acids is 3. The van der Waals surface area contributed by atoms with E-state index in [-0.39, 0.29) is 37.0 Å². The maximum atomic E-state index is 13.3. The Morgan fingerprint density at radius 1 is 0.712 bits per heavy atom. The number of nitrogens with one attached hydrogen (secondary N) is 2. The van der Waals surface area contributed by atoms with Gasteiger partial charge in [0.05, 0.1) is 26.4 Å². The summed E-state index contributed by atoms with van der Waals surface area (Å²) in [6.45, 7) is 5.78. The largest absolute Gasteiger partial charge is 0.445 e. The van der Waals surface area contributed by atoms with Crippen LogP contribution in [0.25, 0.3) is 0 Å². The van der Waals surface area contributed by atoms with Crippen LogP contribution in [0.15, 0.2) is 84.9 Å². The first-order valence-electron chi connectivity index (χ1n) is 21.2. The number of rotatable bonds is 11. The summed E-state index contributed by atoms with van der Waals surface area (Å²) in [6.07, 6.45) is 7.50. The summed E-state index contributed by atoms with van der Waals surface area (Å²) in [6, 6.07) is 25.7. The fourth-order valence-corrected chi connectivity index (χ4v) is 9.21. The molecule has 2 aliphatic carbocycles. The third-order valence-electron chi connectivity index (χ3n) is 12.3. The number of hydrogen-bond acceptors (Lipinski definition) is 10. The second-order valence-corrected chi connectivity index (χ2v) is 16.5. The van der Waals surface area contributed by atoms with Crippen molar-refractivity contribution in [2.75, 3.05) is 46.1 Å². The van der Waals surface area contributed by atoms with Gasteiger partial charge in [0.25, 0.3) is 0 Å². The SMILES string of the molecule is O=C(N[C@@H]1CC2(CC[C@H]1CN1CCC[C@@H](Cc3ccc(F)cc3)C1)OCCO2)OCc1ccccc1.O=C[C@@H]1CCC2(C[C@H]1NC(=O)OCc1ccccc1)OCCO2. The van der Waals surface area contributed by atoms with Gasteiger partial charge in [0.2, 0.25) is 0 Å². The molecule has 8 rings (SSSR count). The molecule has 3 saturated heterocycles. The quantitative estimate of drug-likeness (QED) is 0.196. The van der Waals surface area contributed by atoms with Crippen molar-refractivity contribution in [1.82, 2.24) is 15.5 Å². The van der Waals surface area contributed by atoms with E-state index in [0.29, 0.717) is 63.9 Å². The molecule has 13 heteroatoms. The van der Waals surface area contributed by atoms with E-state index in [4.69, 9.17) is 28.4 Å². The second kappa shape index (κ2) is 20.7. The molecule has 3 heterocycles. The molecule has 0 aromatic heterocycles. The van der Waals surface area contributed by atoms with E-state index in [0.717, 1.165) is 62.7 Å². The number of likely N-dealkylation sites (tertiary alicyclic amines) is 1. The van der Waals surface area contributed by atoms with Crippen LogP contribution in [0.1, 0.15) is 68.1 Å². The lowest BCUT2D eigenvalue weighted by atomic mass is 9.80. The number of alkyl carbamates (subject to hydrolysis) is 2. The summed E-state index contributed by atoms with van der Waals surface area (Å²) in [5.41, 5.74) is 3.07. The average Bonchev–Trinajstić information content (AvgIpc) is 3.92. The molecule has 0 radical (unpaired) electrons. The predicted molar refractivity (Wildman–Crippen MR) is 216 cm³/mol. The Hall–Kier alpha value is -4.40. The molecule has 5 aliphatic rings. The van der Waals surface area contributed by atoms with Crippen molar-refractivity contribution in [2.45, 2.75) is 94.7 Å². The molecule has 2 N–H and O–H groups in total. The van der Waals surface area contributed by atoms with Crippen molar-refractivity contribution in [3.05, 3.63) is 107 Å². The zero-order valence-corrected chi connectivity index (χ0v) is 33.8.